The molecule has 2 aromatic carbocycles. The molecule has 100 valence electrons. The summed E-state index contributed by atoms with van der Waals surface area (Å²) in [5.41, 5.74) is 1.53. The van der Waals surface area contributed by atoms with E-state index in [1.54, 1.807) is 0 Å². The average Bonchev–Trinajstić information content (AvgIpc) is 3.01. The summed E-state index contributed by atoms with van der Waals surface area (Å²) in [5, 5.41) is 0. The van der Waals surface area contributed by atoms with Gasteiger partial charge in [-0.15, -0.1) is 7.92 Å². The predicted octanol–water partition coefficient (Wildman–Crippen LogP) is 4.83. The third-order valence-corrected chi connectivity index (χ3v) is 5.19. The maximum absolute atomic E-state index is 2.30. The Bertz CT molecular complexity index is 302. The van der Waals surface area contributed by atoms with E-state index in [9.17, 15) is 0 Å². The first-order chi connectivity index (χ1) is 7.86. The summed E-state index contributed by atoms with van der Waals surface area (Å²) in [6.07, 6.45) is 4.07. The van der Waals surface area contributed by atoms with Gasteiger partial charge in [0.1, 0.15) is 0 Å². The van der Waals surface area contributed by atoms with Crippen molar-refractivity contribution >= 4 is 7.92 Å². The molecule has 2 rings (SSSR count). The smallest absolute Gasteiger partial charge is 0 e. The monoisotopic (exact) mass is 288 g/mol. The molecular formula is C15H21FeP-6. The molecule has 2 aromatic rings. The van der Waals surface area contributed by atoms with Crippen LogP contribution < -0.4 is 0 Å². The van der Waals surface area contributed by atoms with Crippen LogP contribution in [0.1, 0.15) is 19.4 Å². The number of rotatable bonds is 4. The Hall–Kier alpha value is -0.351. The molecule has 0 spiro atoms. The fourth-order valence-corrected chi connectivity index (χ4v) is 3.17. The van der Waals surface area contributed by atoms with E-state index < -0.39 is 0 Å². The van der Waals surface area contributed by atoms with E-state index in [1.807, 2.05) is 30.3 Å². The van der Waals surface area contributed by atoms with Gasteiger partial charge >= 0.3 is 0 Å². The molecule has 0 unspecified atom stereocenters. The van der Waals surface area contributed by atoms with Crippen molar-refractivity contribution in [3.63, 3.8) is 0 Å². The molecule has 0 N–H and O–H groups in total. The van der Waals surface area contributed by atoms with Gasteiger partial charge in [-0.1, -0.05) is 20.0 Å². The largest absolute Gasteiger partial charge is 0.748 e. The molecule has 0 radical (unpaired) electrons. The molecule has 0 amide bonds. The SMILES string of the molecule is CCP(CC)C[c-]1cccc1.[Fe].[cH-]1[cH-][cH-][cH-][cH-]1. The van der Waals surface area contributed by atoms with E-state index in [4.69, 9.17) is 0 Å². The second-order valence-corrected chi connectivity index (χ2v) is 6.64. The van der Waals surface area contributed by atoms with Gasteiger partial charge < -0.3 is 30.3 Å². The quantitative estimate of drug-likeness (QED) is 0.429. The number of hydrogen-bond acceptors (Lipinski definition) is 0. The Kier molecular flexibility index (Phi) is 10.6. The van der Waals surface area contributed by atoms with Gasteiger partial charge in [0.05, 0.1) is 0 Å². The summed E-state index contributed by atoms with van der Waals surface area (Å²) in [5.74, 6) is 0. The van der Waals surface area contributed by atoms with Crippen LogP contribution in [0.25, 0.3) is 0 Å². The minimum Gasteiger partial charge on any atom is -0.748 e. The standard InChI is InChI=1S/C10H16P.C5H5.Fe/c1-3-11(4-2)9-10-7-5-6-8-10;1-2-4-5-3-1;/h5-8H,3-4,9H2,1-2H3;1-5H;/q-1;-5;. The third kappa shape index (κ3) is 7.55. The van der Waals surface area contributed by atoms with Crippen LogP contribution in [0.3, 0.4) is 0 Å². The van der Waals surface area contributed by atoms with E-state index in [-0.39, 0.29) is 17.1 Å². The first kappa shape index (κ1) is 16.6. The van der Waals surface area contributed by atoms with Crippen molar-refractivity contribution in [3.8, 4) is 0 Å². The molecular weight excluding hydrogens is 267 g/mol. The van der Waals surface area contributed by atoms with Crippen molar-refractivity contribution in [1.29, 1.82) is 0 Å². The van der Waals surface area contributed by atoms with Gasteiger partial charge in [0.2, 0.25) is 0 Å². The molecule has 0 fully saturated rings. The first-order valence-corrected chi connectivity index (χ1v) is 7.86. The summed E-state index contributed by atoms with van der Waals surface area (Å²) in [7, 11) is 0.293. The molecule has 2 heteroatoms. The molecule has 0 saturated carbocycles. The van der Waals surface area contributed by atoms with Gasteiger partial charge in [0, 0.05) is 17.1 Å². The Morgan fingerprint density at radius 3 is 1.65 bits per heavy atom. The summed E-state index contributed by atoms with van der Waals surface area (Å²) < 4.78 is 0. The van der Waals surface area contributed by atoms with Crippen molar-refractivity contribution in [2.75, 3.05) is 12.3 Å². The van der Waals surface area contributed by atoms with Gasteiger partial charge in [-0.2, -0.15) is 17.7 Å². The van der Waals surface area contributed by atoms with Gasteiger partial charge in [0.15, 0.2) is 0 Å². The minimum absolute atomic E-state index is 0. The van der Waals surface area contributed by atoms with Gasteiger partial charge in [-0.3, -0.25) is 0 Å². The van der Waals surface area contributed by atoms with Crippen molar-refractivity contribution in [3.05, 3.63) is 60.2 Å². The zero-order valence-corrected chi connectivity index (χ0v) is 12.6. The normalized spacial score (nSPS) is 9.35. The first-order valence-electron chi connectivity index (χ1n) is 5.96. The van der Waals surface area contributed by atoms with Crippen LogP contribution in [-0.4, -0.2) is 12.3 Å². The van der Waals surface area contributed by atoms with E-state index >= 15 is 0 Å². The third-order valence-electron chi connectivity index (χ3n) is 2.59. The Labute approximate surface area is 117 Å². The van der Waals surface area contributed by atoms with Crippen LogP contribution in [0.2, 0.25) is 0 Å². The van der Waals surface area contributed by atoms with Crippen molar-refractivity contribution in [1.82, 2.24) is 0 Å². The molecule has 0 aliphatic carbocycles. The van der Waals surface area contributed by atoms with E-state index in [0.29, 0.717) is 7.92 Å². The van der Waals surface area contributed by atoms with Crippen LogP contribution in [0.4, 0.5) is 0 Å². The van der Waals surface area contributed by atoms with Crippen LogP contribution in [0.5, 0.6) is 0 Å². The summed E-state index contributed by atoms with van der Waals surface area (Å²) in [6.45, 7) is 4.61. The van der Waals surface area contributed by atoms with Crippen LogP contribution in [0, 0.1) is 0 Å². The second kappa shape index (κ2) is 10.8. The fourth-order valence-electron chi connectivity index (χ4n) is 1.55. The molecule has 0 bridgehead atoms. The maximum Gasteiger partial charge on any atom is 0 e. The Balaban J connectivity index is 0.000000360. The Morgan fingerprint density at radius 2 is 1.29 bits per heavy atom. The minimum atomic E-state index is 0. The summed E-state index contributed by atoms with van der Waals surface area (Å²) in [4.78, 5) is 0. The zero-order chi connectivity index (χ0) is 11.6. The van der Waals surface area contributed by atoms with Gasteiger partial charge in [-0.25, -0.2) is 12.1 Å². The van der Waals surface area contributed by atoms with Crippen LogP contribution in [-0.2, 0) is 23.2 Å². The molecule has 17 heavy (non-hydrogen) atoms. The maximum atomic E-state index is 2.30. The number of hydrogen-bond donors (Lipinski definition) is 0. The van der Waals surface area contributed by atoms with E-state index in [2.05, 4.69) is 38.1 Å². The van der Waals surface area contributed by atoms with Gasteiger partial charge in [0.25, 0.3) is 0 Å². The zero-order valence-electron chi connectivity index (χ0n) is 10.6. The molecule has 0 nitrogen and oxygen atoms in total. The van der Waals surface area contributed by atoms with Crippen LogP contribution >= 0.6 is 7.92 Å². The molecule has 0 atom stereocenters. The molecule has 0 aromatic heterocycles. The summed E-state index contributed by atoms with van der Waals surface area (Å²) in [6, 6.07) is 18.7. The topological polar surface area (TPSA) is 0 Å². The molecule has 0 aliphatic rings. The second-order valence-electron chi connectivity index (χ2n) is 3.72. The predicted molar refractivity (Wildman–Crippen MR) is 75.8 cm³/mol. The summed E-state index contributed by atoms with van der Waals surface area (Å²) >= 11 is 0. The van der Waals surface area contributed by atoms with Gasteiger partial charge in [-0.05, 0) is 12.3 Å². The van der Waals surface area contributed by atoms with Crippen molar-refractivity contribution < 1.29 is 17.1 Å². The fraction of sp³-hybridized carbons (Fsp3) is 0.333. The molecule has 0 aliphatic heterocycles. The Morgan fingerprint density at radius 1 is 0.882 bits per heavy atom. The van der Waals surface area contributed by atoms with E-state index in [1.165, 1.54) is 24.0 Å². The average molecular weight is 288 g/mol. The van der Waals surface area contributed by atoms with E-state index in [0.717, 1.165) is 0 Å². The van der Waals surface area contributed by atoms with Crippen molar-refractivity contribution in [2.24, 2.45) is 0 Å². The molecule has 0 heterocycles. The van der Waals surface area contributed by atoms with Crippen molar-refractivity contribution in [2.45, 2.75) is 20.0 Å². The van der Waals surface area contributed by atoms with Crippen LogP contribution in [0.15, 0.2) is 54.6 Å². The molecule has 0 saturated heterocycles.